The Morgan fingerprint density at radius 2 is 0.905 bits per heavy atom. The summed E-state index contributed by atoms with van der Waals surface area (Å²) >= 11 is 0. The molecule has 2 amide bonds. The van der Waals surface area contributed by atoms with Crippen molar-refractivity contribution < 1.29 is 52.5 Å². The zero-order chi connectivity index (χ0) is 27.7. The average Bonchev–Trinajstić information content (AvgIpc) is 3.22. The molecule has 0 aromatic heterocycles. The molecule has 0 N–H and O–H groups in total. The minimum Gasteiger partial charge on any atom is -1.00 e. The van der Waals surface area contributed by atoms with Crippen LogP contribution in [0.5, 0.6) is 0 Å². The Hall–Kier alpha value is -1.74. The Morgan fingerprint density at radius 1 is 0.595 bits per heavy atom. The summed E-state index contributed by atoms with van der Waals surface area (Å²) < 4.78 is 2.15. The number of carbonyl (C=O) groups excluding carboxylic acids is 2. The number of quaternary nitrogens is 2. The van der Waals surface area contributed by atoms with E-state index in [9.17, 15) is 9.59 Å². The van der Waals surface area contributed by atoms with Crippen molar-refractivity contribution in [2.75, 3.05) is 40.3 Å². The molecule has 4 fully saturated rings. The molecule has 8 heteroatoms. The zero-order valence-corrected chi connectivity index (χ0v) is 28.5. The third-order valence-electron chi connectivity index (χ3n) is 11.2. The molecule has 6 nitrogen and oxygen atoms in total. The summed E-state index contributed by atoms with van der Waals surface area (Å²) in [5.41, 5.74) is 2.79. The van der Waals surface area contributed by atoms with Crippen molar-refractivity contribution in [3.8, 4) is 0 Å². The number of likely N-dealkylation sites (tertiary alicyclic amines) is 2. The highest BCUT2D eigenvalue weighted by Crippen LogP contribution is 2.39. The molecule has 4 aliphatic rings. The highest BCUT2D eigenvalue weighted by atomic mass is 79.9. The number of nitrogens with zero attached hydrogens (tertiary/aromatic N) is 4. The molecule has 0 radical (unpaired) electrons. The lowest BCUT2D eigenvalue weighted by molar-refractivity contribution is -0.959. The van der Waals surface area contributed by atoms with Crippen molar-refractivity contribution in [1.29, 1.82) is 0 Å². The summed E-state index contributed by atoms with van der Waals surface area (Å²) in [6.45, 7) is 5.65. The van der Waals surface area contributed by atoms with Gasteiger partial charge in [-0.05, 0) is 12.8 Å². The van der Waals surface area contributed by atoms with E-state index < -0.39 is 0 Å². The first-order valence-corrected chi connectivity index (χ1v) is 15.7. The molecular weight excluding hydrogens is 656 g/mol. The molecular formula is C34H48Br2N4O2. The van der Waals surface area contributed by atoms with Gasteiger partial charge >= 0.3 is 0 Å². The predicted octanol–water partition coefficient (Wildman–Crippen LogP) is -1.41. The number of amides is 2. The van der Waals surface area contributed by atoms with Gasteiger partial charge in [-0.25, -0.2) is 0 Å². The second-order valence-electron chi connectivity index (χ2n) is 13.6. The molecule has 6 rings (SSSR count). The molecule has 0 saturated carbocycles. The number of hydrogen-bond acceptors (Lipinski definition) is 2. The quantitative estimate of drug-likeness (QED) is 0.238. The number of hydrogen-bond donors (Lipinski definition) is 0. The second-order valence-corrected chi connectivity index (χ2v) is 13.6. The van der Waals surface area contributed by atoms with Gasteiger partial charge in [-0.2, -0.15) is 0 Å². The smallest absolute Gasteiger partial charge is 0.223 e. The van der Waals surface area contributed by atoms with E-state index >= 15 is 0 Å². The van der Waals surface area contributed by atoms with Crippen molar-refractivity contribution in [2.45, 2.75) is 88.6 Å². The van der Waals surface area contributed by atoms with Gasteiger partial charge in [-0.15, -0.1) is 0 Å². The number of benzene rings is 2. The molecule has 0 spiro atoms. The van der Waals surface area contributed by atoms with E-state index in [1.165, 1.54) is 36.8 Å². The fourth-order valence-corrected chi connectivity index (χ4v) is 8.57. The van der Waals surface area contributed by atoms with Crippen LogP contribution in [0.2, 0.25) is 0 Å². The molecule has 2 unspecified atom stereocenters. The van der Waals surface area contributed by atoms with Gasteiger partial charge < -0.3 is 52.7 Å². The maximum absolute atomic E-state index is 13.2. The van der Waals surface area contributed by atoms with Crippen molar-refractivity contribution in [1.82, 2.24) is 9.80 Å². The Morgan fingerprint density at radius 3 is 1.21 bits per heavy atom. The molecule has 4 aliphatic heterocycles. The van der Waals surface area contributed by atoms with Gasteiger partial charge in [0.05, 0.1) is 40.3 Å². The molecule has 4 bridgehead atoms. The summed E-state index contributed by atoms with van der Waals surface area (Å²) in [5.74, 6) is 0.584. The average molecular weight is 705 g/mol. The minimum atomic E-state index is 0. The maximum Gasteiger partial charge on any atom is 0.223 e. The molecule has 2 aromatic rings. The number of halogens is 2. The Bertz CT molecular complexity index is 1080. The van der Waals surface area contributed by atoms with Crippen LogP contribution < -0.4 is 34.0 Å². The number of unbranched alkanes of at least 4 members (excludes halogenated alkanes) is 1. The lowest BCUT2D eigenvalue weighted by Crippen LogP contribution is -3.00. The van der Waals surface area contributed by atoms with Crippen molar-refractivity contribution in [3.05, 3.63) is 71.8 Å². The highest BCUT2D eigenvalue weighted by Gasteiger charge is 2.53. The Kier molecular flexibility index (Phi) is 11.0. The van der Waals surface area contributed by atoms with Crippen molar-refractivity contribution in [3.63, 3.8) is 0 Å². The van der Waals surface area contributed by atoms with E-state index in [4.69, 9.17) is 0 Å². The molecule has 4 heterocycles. The van der Waals surface area contributed by atoms with Crippen LogP contribution in [0.4, 0.5) is 0 Å². The summed E-state index contributed by atoms with van der Waals surface area (Å²) in [6, 6.07) is 23.8. The highest BCUT2D eigenvalue weighted by molar-refractivity contribution is 5.77. The molecule has 4 saturated heterocycles. The summed E-state index contributed by atoms with van der Waals surface area (Å²) in [7, 11) is 4.80. The van der Waals surface area contributed by atoms with Crippen LogP contribution in [0, 0.1) is 0 Å². The number of rotatable bonds is 9. The first-order valence-electron chi connectivity index (χ1n) is 15.7. The van der Waals surface area contributed by atoms with Gasteiger partial charge in [0.25, 0.3) is 0 Å². The van der Waals surface area contributed by atoms with Crippen LogP contribution in [-0.2, 0) is 22.7 Å². The van der Waals surface area contributed by atoms with E-state index in [0.29, 0.717) is 48.8 Å². The van der Waals surface area contributed by atoms with Gasteiger partial charge in [0.1, 0.15) is 37.3 Å². The summed E-state index contributed by atoms with van der Waals surface area (Å²) in [6.07, 6.45) is 7.64. The van der Waals surface area contributed by atoms with Gasteiger partial charge in [0.2, 0.25) is 11.8 Å². The number of fused-ring (bicyclic) bond motifs is 4. The summed E-state index contributed by atoms with van der Waals surface area (Å²) in [5, 5.41) is 0. The molecule has 0 aliphatic carbocycles. The summed E-state index contributed by atoms with van der Waals surface area (Å²) in [4.78, 5) is 30.6. The maximum atomic E-state index is 13.2. The Labute approximate surface area is 273 Å². The van der Waals surface area contributed by atoms with E-state index in [1.54, 1.807) is 0 Å². The standard InChI is InChI=1S/C34H48N4O2.2BrH/c1-37(25-27-11-5-3-6-12-27)29-17-18-30(37)22-35(21-29)33(39)15-9-10-16-34(40)36-23-31-19-20-32(24-36)38(31,2)26-28-13-7-4-8-14-28;;/h3-8,11-14,29-32H,9-10,15-26H2,1-2H3;2*1H/q+2;;/p-2/t29-,30+,31-,32+,37?,38?;;. The monoisotopic (exact) mass is 702 g/mol. The zero-order valence-electron chi connectivity index (χ0n) is 25.3. The third kappa shape index (κ3) is 6.67. The minimum absolute atomic E-state index is 0. The lowest BCUT2D eigenvalue weighted by Gasteiger charge is -2.48. The third-order valence-corrected chi connectivity index (χ3v) is 11.2. The van der Waals surface area contributed by atoms with Crippen LogP contribution in [-0.4, -0.2) is 95.0 Å². The van der Waals surface area contributed by atoms with Gasteiger partial charge in [0, 0.05) is 49.7 Å². The van der Waals surface area contributed by atoms with Gasteiger partial charge in [-0.1, -0.05) is 60.7 Å². The predicted molar refractivity (Wildman–Crippen MR) is 158 cm³/mol. The molecule has 42 heavy (non-hydrogen) atoms. The van der Waals surface area contributed by atoms with Crippen molar-refractivity contribution in [2.24, 2.45) is 0 Å². The Balaban J connectivity index is 0.00000202. The van der Waals surface area contributed by atoms with Crippen LogP contribution in [0.25, 0.3) is 0 Å². The van der Waals surface area contributed by atoms with Gasteiger partial charge in [-0.3, -0.25) is 9.59 Å². The topological polar surface area (TPSA) is 40.6 Å². The molecule has 6 atom stereocenters. The van der Waals surface area contributed by atoms with Crippen LogP contribution in [0.3, 0.4) is 0 Å². The van der Waals surface area contributed by atoms with Crippen LogP contribution in [0.15, 0.2) is 60.7 Å². The first kappa shape index (κ1) is 33.2. The largest absolute Gasteiger partial charge is 1.00 e. The first-order chi connectivity index (χ1) is 19.3. The van der Waals surface area contributed by atoms with E-state index in [0.717, 1.165) is 61.1 Å². The number of carbonyl (C=O) groups is 2. The van der Waals surface area contributed by atoms with Crippen molar-refractivity contribution >= 4 is 11.8 Å². The molecule has 2 aromatic carbocycles. The number of likely N-dealkylation sites (N-methyl/N-ethyl adjacent to an activating group) is 2. The fourth-order valence-electron chi connectivity index (χ4n) is 8.57. The van der Waals surface area contributed by atoms with Gasteiger partial charge in [0.15, 0.2) is 0 Å². The molecule has 230 valence electrons. The van der Waals surface area contributed by atoms with E-state index in [2.05, 4.69) is 84.6 Å². The van der Waals surface area contributed by atoms with E-state index in [1.807, 2.05) is 0 Å². The van der Waals surface area contributed by atoms with E-state index in [-0.39, 0.29) is 34.0 Å². The van der Waals surface area contributed by atoms with Crippen LogP contribution >= 0.6 is 0 Å². The SMILES string of the molecule is C[N+]1(Cc2ccccc2)[C@@H]2CC[C@H]1CN(C(=O)CCCCC(=O)N1C[C@H]3CC[C@@H](C1)[N+]3(C)Cc1ccccc1)C2.[Br-].[Br-]. The lowest BCUT2D eigenvalue weighted by atomic mass is 10.0. The second kappa shape index (κ2) is 13.9. The normalized spacial score (nSPS) is 31.3. The number of piperazine rings is 2. The fraction of sp³-hybridized carbons (Fsp3) is 0.588. The van der Waals surface area contributed by atoms with Crippen LogP contribution in [0.1, 0.15) is 62.5 Å².